The van der Waals surface area contributed by atoms with E-state index in [2.05, 4.69) is 27.8 Å². The Bertz CT molecular complexity index is 1870. The molecule has 0 spiro atoms. The molecule has 19 heteroatoms. The number of piperidine rings is 1. The Kier molecular flexibility index (Phi) is 9.49. The van der Waals surface area contributed by atoms with Gasteiger partial charge in [0.2, 0.25) is 5.60 Å². The summed E-state index contributed by atoms with van der Waals surface area (Å²) in [4.78, 5) is 74.4. The van der Waals surface area contributed by atoms with Crippen LogP contribution in [0.15, 0.2) is 33.9 Å². The van der Waals surface area contributed by atoms with Crippen LogP contribution in [0.1, 0.15) is 55.6 Å². The third-order valence-electron chi connectivity index (χ3n) is 10.2. The molecule has 5 heterocycles. The number of carbonyl (C=O) groups is 5. The lowest BCUT2D eigenvalue weighted by molar-refractivity contribution is -0.944. The van der Waals surface area contributed by atoms with Crippen molar-refractivity contribution >= 4 is 63.9 Å². The number of nitrogen functional groups attached to an aromatic ring is 1. The number of aliphatic carboxylic acids is 1. The Morgan fingerprint density at radius 1 is 1.22 bits per heavy atom. The molecule has 4 aliphatic rings. The van der Waals surface area contributed by atoms with Gasteiger partial charge in [0.15, 0.2) is 34.4 Å². The van der Waals surface area contributed by atoms with Crippen LogP contribution in [0.2, 0.25) is 0 Å². The number of benzene rings is 1. The van der Waals surface area contributed by atoms with Crippen molar-refractivity contribution in [2.75, 3.05) is 25.1 Å². The molecule has 6 atom stereocenters. The van der Waals surface area contributed by atoms with Crippen LogP contribution in [0.25, 0.3) is 0 Å². The summed E-state index contributed by atoms with van der Waals surface area (Å²) in [5.41, 5.74) is 4.31. The summed E-state index contributed by atoms with van der Waals surface area (Å²) < 4.78 is 15.1. The van der Waals surface area contributed by atoms with E-state index < -0.39 is 58.0 Å². The van der Waals surface area contributed by atoms with E-state index in [0.717, 1.165) is 41.9 Å². The predicted molar refractivity (Wildman–Crippen MR) is 182 cm³/mol. The lowest BCUT2D eigenvalue weighted by Crippen LogP contribution is -2.71. The number of allylic oxidation sites excluding steroid dienone is 1. The van der Waals surface area contributed by atoms with Gasteiger partial charge in [-0.25, -0.2) is 14.2 Å². The molecule has 1 unspecified atom stereocenters. The highest BCUT2D eigenvalue weighted by Gasteiger charge is 2.56. The average molecular weight is 747 g/mol. The minimum atomic E-state index is -1.77. The van der Waals surface area contributed by atoms with Gasteiger partial charge >= 0.3 is 5.97 Å². The molecule has 2 aromatic rings. The van der Waals surface area contributed by atoms with Gasteiger partial charge in [0.25, 0.3) is 17.7 Å². The fourth-order valence-electron chi connectivity index (χ4n) is 7.25. The number of halogens is 1. The quantitative estimate of drug-likeness (QED) is 0.0477. The first-order valence-electron chi connectivity index (χ1n) is 16.1. The lowest BCUT2D eigenvalue weighted by Gasteiger charge is -2.52. The monoisotopic (exact) mass is 746 g/mol. The number of hydrogen-bond donors (Lipinski definition) is 6. The van der Waals surface area contributed by atoms with Gasteiger partial charge in [-0.1, -0.05) is 5.16 Å². The van der Waals surface area contributed by atoms with Gasteiger partial charge < -0.3 is 41.0 Å². The van der Waals surface area contributed by atoms with Crippen molar-refractivity contribution in [1.29, 1.82) is 0 Å². The summed E-state index contributed by atoms with van der Waals surface area (Å²) in [5, 5.41) is 38.9. The lowest BCUT2D eigenvalue weighted by atomic mass is 9.92. The minimum absolute atomic E-state index is 0.0358. The molecule has 7 N–H and O–H groups in total. The topological polar surface area (TPSA) is 234 Å². The number of aromatic hydroxyl groups is 2. The third-order valence-corrected chi connectivity index (χ3v) is 12.2. The van der Waals surface area contributed by atoms with E-state index in [0.29, 0.717) is 35.9 Å². The Morgan fingerprint density at radius 2 is 1.90 bits per heavy atom. The number of carbonyl (C=O) groups excluding carboxylic acids is 4. The Labute approximate surface area is 299 Å². The predicted octanol–water partition coefficient (Wildman–Crippen LogP) is 1.28. The summed E-state index contributed by atoms with van der Waals surface area (Å²) in [6.45, 7) is 3.00. The number of amides is 3. The molecular formula is C32H37FN7O9S2+. The molecule has 4 aliphatic heterocycles. The van der Waals surface area contributed by atoms with Gasteiger partial charge in [-0.05, 0) is 26.0 Å². The molecule has 16 nitrogen and oxygen atoms in total. The molecular weight excluding hydrogens is 710 g/mol. The maximum atomic E-state index is 14.5. The number of β-lactam (4-membered cyclic amide) rings is 1. The fourth-order valence-corrected chi connectivity index (χ4v) is 9.16. The number of rotatable bonds is 11. The van der Waals surface area contributed by atoms with Gasteiger partial charge in [-0.2, -0.15) is 0 Å². The fraction of sp³-hybridized carbons (Fsp3) is 0.469. The van der Waals surface area contributed by atoms with Crippen molar-refractivity contribution in [2.24, 2.45) is 5.16 Å². The Hall–Kier alpha value is -4.75. The highest BCUT2D eigenvalue weighted by Crippen LogP contribution is 2.45. The highest BCUT2D eigenvalue weighted by molar-refractivity contribution is 8.00. The van der Waals surface area contributed by atoms with E-state index in [1.54, 1.807) is 0 Å². The van der Waals surface area contributed by atoms with Gasteiger partial charge in [0, 0.05) is 48.4 Å². The normalized spacial score (nSPS) is 27.4. The third kappa shape index (κ3) is 6.48. The number of nitrogens with zero attached hydrogens (tertiary/aromatic N) is 4. The molecule has 3 fully saturated rings. The number of thiazole rings is 1. The summed E-state index contributed by atoms with van der Waals surface area (Å²) in [7, 11) is 2.10. The average Bonchev–Trinajstić information content (AvgIpc) is 3.54. The maximum absolute atomic E-state index is 14.5. The van der Waals surface area contributed by atoms with Crippen LogP contribution in [-0.4, -0.2) is 120 Å². The van der Waals surface area contributed by atoms with Crippen LogP contribution in [0.4, 0.5) is 9.52 Å². The van der Waals surface area contributed by atoms with Gasteiger partial charge in [-0.3, -0.25) is 24.1 Å². The maximum Gasteiger partial charge on any atom is 0.350 e. The first kappa shape index (κ1) is 36.1. The van der Waals surface area contributed by atoms with E-state index in [1.165, 1.54) is 35.9 Å². The smallest absolute Gasteiger partial charge is 0.350 e. The minimum Gasteiger partial charge on any atom is -0.504 e. The largest absolute Gasteiger partial charge is 0.504 e. The number of oxime groups is 1. The first-order chi connectivity index (χ1) is 24.0. The number of quaternary nitrogens is 1. The SMILES string of the molecule is CC(C)(O/N=C(\C(=O)N[C@@H]1C(=O)N2C(C=O)=C(C[N+]3(C)[C@@H]4CC[C@H]3C[C@@H](NC(=O)c3ccc(O)c(O)c3F)C4)CS[C@H]12)c1csc(N)n1)C(=O)O. The van der Waals surface area contributed by atoms with E-state index in [9.17, 15) is 43.7 Å². The van der Waals surface area contributed by atoms with Crippen LogP contribution in [0.5, 0.6) is 11.5 Å². The van der Waals surface area contributed by atoms with Crippen LogP contribution >= 0.6 is 23.1 Å². The summed E-state index contributed by atoms with van der Waals surface area (Å²) in [5.74, 6) is -5.75. The van der Waals surface area contributed by atoms with Gasteiger partial charge in [0.05, 0.1) is 30.4 Å². The van der Waals surface area contributed by atoms with Crippen LogP contribution in [0, 0.1) is 5.82 Å². The van der Waals surface area contributed by atoms with Crippen molar-refractivity contribution in [3.05, 3.63) is 45.9 Å². The molecule has 0 radical (unpaired) electrons. The molecule has 2 bridgehead atoms. The van der Waals surface area contributed by atoms with E-state index >= 15 is 0 Å². The van der Waals surface area contributed by atoms with Crippen molar-refractivity contribution in [2.45, 2.75) is 74.7 Å². The molecule has 1 aromatic carbocycles. The second-order valence-electron chi connectivity index (χ2n) is 13.7. The zero-order chi connectivity index (χ0) is 37.0. The second-order valence-corrected chi connectivity index (χ2v) is 15.7. The zero-order valence-corrected chi connectivity index (χ0v) is 29.4. The summed E-state index contributed by atoms with van der Waals surface area (Å²) in [6, 6.07) is 1.14. The number of likely N-dealkylation sites (N-methyl/N-ethyl adjacent to an activating group) is 1. The van der Waals surface area contributed by atoms with Crippen LogP contribution in [0.3, 0.4) is 0 Å². The zero-order valence-electron chi connectivity index (χ0n) is 27.8. The summed E-state index contributed by atoms with van der Waals surface area (Å²) >= 11 is 2.43. The Morgan fingerprint density at radius 3 is 2.51 bits per heavy atom. The molecule has 3 amide bonds. The van der Waals surface area contributed by atoms with Crippen LogP contribution < -0.4 is 16.4 Å². The molecule has 0 saturated carbocycles. The van der Waals surface area contributed by atoms with Gasteiger partial charge in [-0.15, -0.1) is 23.1 Å². The van der Waals surface area contributed by atoms with Crippen molar-refractivity contribution < 1.29 is 53.0 Å². The number of carboxylic acids is 1. The van der Waals surface area contributed by atoms with Crippen LogP contribution in [-0.2, 0) is 24.0 Å². The second kappa shape index (κ2) is 13.4. The Balaban J connectivity index is 1.13. The number of fused-ring (bicyclic) bond motifs is 3. The first-order valence-corrected chi connectivity index (χ1v) is 18.0. The number of phenolic OH excluding ortho intramolecular Hbond substituents is 2. The summed E-state index contributed by atoms with van der Waals surface area (Å²) in [6.07, 6.45) is 3.61. The highest BCUT2D eigenvalue weighted by atomic mass is 32.2. The number of carboxylic acid groups (broad SMARTS) is 1. The molecule has 272 valence electrons. The number of nitrogens with one attached hydrogen (secondary N) is 2. The van der Waals surface area contributed by atoms with Crippen molar-refractivity contribution in [3.8, 4) is 11.5 Å². The number of aldehydes is 1. The van der Waals surface area contributed by atoms with Crippen molar-refractivity contribution in [1.82, 2.24) is 20.5 Å². The van der Waals surface area contributed by atoms with E-state index in [4.69, 9.17) is 10.6 Å². The molecule has 3 saturated heterocycles. The molecule has 51 heavy (non-hydrogen) atoms. The molecule has 1 aromatic heterocycles. The number of hydrogen-bond acceptors (Lipinski definition) is 13. The number of nitrogens with two attached hydrogens (primary N) is 1. The molecule has 0 aliphatic carbocycles. The number of thioether (sulfide) groups is 1. The standard InChI is InChI=1S/C32H36FN7O9S2/c1-32(2,30(47)48)49-38-23(19-13-51-31(34)36-19)27(45)37-24-28(46)39-20(11-41)14(12-50-29(24)39)10-40(3)16-4-5-17(40)9-15(8-16)35-26(44)18-6-7-21(42)25(43)22(18)33/h6-7,11,13,15-17,24,29H,4-5,8-10,12H2,1-3H3,(H6-,34,35,36,37,38,42,43,44,45,47,48)/p+1/t15-,16+,17-,24-,29-,40?/m1/s1. The molecule has 6 rings (SSSR count). The van der Waals surface area contributed by atoms with Crippen molar-refractivity contribution in [3.63, 3.8) is 0 Å². The van der Waals surface area contributed by atoms with E-state index in [-0.39, 0.29) is 45.9 Å². The number of phenols is 2. The van der Waals surface area contributed by atoms with Gasteiger partial charge in [0.1, 0.15) is 23.7 Å². The van der Waals surface area contributed by atoms with E-state index in [1.807, 2.05) is 0 Å². The number of anilines is 1. The number of aromatic nitrogens is 1.